The lowest BCUT2D eigenvalue weighted by molar-refractivity contribution is 0.0919. The molecule has 0 aliphatic carbocycles. The van der Waals surface area contributed by atoms with Crippen molar-refractivity contribution in [3.63, 3.8) is 0 Å². The van der Waals surface area contributed by atoms with Crippen molar-refractivity contribution in [3.8, 4) is 16.9 Å². The Bertz CT molecular complexity index is 627. The number of hydrogen-bond acceptors (Lipinski definition) is 2. The molecule has 0 saturated heterocycles. The van der Waals surface area contributed by atoms with Gasteiger partial charge in [0, 0.05) is 11.1 Å². The third-order valence-corrected chi connectivity index (χ3v) is 2.79. The maximum atomic E-state index is 12.2. The molecule has 0 radical (unpaired) electrons. The molecule has 20 heavy (non-hydrogen) atoms. The number of phenolic OH excluding ortho intramolecular Hbond substituents is 1. The van der Waals surface area contributed by atoms with Gasteiger partial charge in [0.25, 0.3) is 5.91 Å². The summed E-state index contributed by atoms with van der Waals surface area (Å²) >= 11 is 0. The van der Waals surface area contributed by atoms with Crippen LogP contribution in [-0.4, -0.2) is 16.6 Å². The first-order chi connectivity index (χ1) is 9.35. The highest BCUT2D eigenvalue weighted by Gasteiger charge is 2.15. The Labute approximate surface area is 119 Å². The number of hydrogen-bond donors (Lipinski definition) is 2. The van der Waals surface area contributed by atoms with Gasteiger partial charge in [-0.1, -0.05) is 24.3 Å². The Balaban J connectivity index is 2.31. The van der Waals surface area contributed by atoms with E-state index in [9.17, 15) is 9.90 Å². The molecule has 1 amide bonds. The molecule has 0 bridgehead atoms. The van der Waals surface area contributed by atoms with Gasteiger partial charge in [-0.2, -0.15) is 0 Å². The molecule has 3 nitrogen and oxygen atoms in total. The van der Waals surface area contributed by atoms with Crippen molar-refractivity contribution < 1.29 is 9.90 Å². The van der Waals surface area contributed by atoms with Crippen LogP contribution in [0.25, 0.3) is 11.1 Å². The zero-order valence-electron chi connectivity index (χ0n) is 12.0. The molecule has 3 heteroatoms. The summed E-state index contributed by atoms with van der Waals surface area (Å²) in [5.74, 6) is 0.117. The molecule has 2 aromatic rings. The summed E-state index contributed by atoms with van der Waals surface area (Å²) < 4.78 is 0. The number of benzene rings is 2. The maximum absolute atomic E-state index is 12.2. The van der Waals surface area contributed by atoms with Crippen LogP contribution in [0, 0.1) is 0 Å². The Hall–Kier alpha value is -2.29. The fourth-order valence-corrected chi connectivity index (χ4v) is 1.94. The summed E-state index contributed by atoms with van der Waals surface area (Å²) in [7, 11) is 0. The topological polar surface area (TPSA) is 49.3 Å². The minimum atomic E-state index is -0.266. The first-order valence-electron chi connectivity index (χ1n) is 6.57. The predicted molar refractivity (Wildman–Crippen MR) is 80.8 cm³/mol. The summed E-state index contributed by atoms with van der Waals surface area (Å²) in [6, 6.07) is 14.4. The van der Waals surface area contributed by atoms with Crippen LogP contribution in [0.4, 0.5) is 0 Å². The molecule has 0 unspecified atom stereocenters. The minimum absolute atomic E-state index is 0.0977. The summed E-state index contributed by atoms with van der Waals surface area (Å²) in [6.45, 7) is 5.85. The average Bonchev–Trinajstić information content (AvgIpc) is 2.37. The smallest absolute Gasteiger partial charge is 0.251 e. The van der Waals surface area contributed by atoms with E-state index in [0.29, 0.717) is 5.56 Å². The van der Waals surface area contributed by atoms with Crippen LogP contribution in [0.3, 0.4) is 0 Å². The van der Waals surface area contributed by atoms with Gasteiger partial charge in [-0.05, 0) is 56.2 Å². The van der Waals surface area contributed by atoms with Crippen LogP contribution in [0.5, 0.6) is 5.75 Å². The van der Waals surface area contributed by atoms with Gasteiger partial charge < -0.3 is 10.4 Å². The van der Waals surface area contributed by atoms with Gasteiger partial charge in [-0.15, -0.1) is 0 Å². The molecule has 0 fully saturated rings. The molecule has 0 aromatic heterocycles. The Morgan fingerprint density at radius 2 is 1.60 bits per heavy atom. The molecule has 2 aromatic carbocycles. The van der Waals surface area contributed by atoms with Gasteiger partial charge in [-0.3, -0.25) is 4.79 Å². The van der Waals surface area contributed by atoms with Gasteiger partial charge in [0.1, 0.15) is 5.75 Å². The summed E-state index contributed by atoms with van der Waals surface area (Å²) in [6.07, 6.45) is 0. The van der Waals surface area contributed by atoms with Gasteiger partial charge in [0.05, 0.1) is 0 Å². The second kappa shape index (κ2) is 5.37. The molecule has 0 atom stereocenters. The van der Waals surface area contributed by atoms with E-state index in [4.69, 9.17) is 0 Å². The lowest BCUT2D eigenvalue weighted by Crippen LogP contribution is -2.40. The minimum Gasteiger partial charge on any atom is -0.508 e. The number of carbonyl (C=O) groups excluding carboxylic acids is 1. The fraction of sp³-hybridized carbons (Fsp3) is 0.235. The van der Waals surface area contributed by atoms with Crippen LogP contribution in [0.1, 0.15) is 31.1 Å². The van der Waals surface area contributed by atoms with Gasteiger partial charge in [-0.25, -0.2) is 0 Å². The summed E-state index contributed by atoms with van der Waals surface area (Å²) in [4.78, 5) is 12.2. The van der Waals surface area contributed by atoms with E-state index >= 15 is 0 Å². The average molecular weight is 269 g/mol. The molecule has 104 valence electrons. The van der Waals surface area contributed by atoms with Crippen molar-refractivity contribution in [2.75, 3.05) is 0 Å². The Morgan fingerprint density at radius 3 is 2.20 bits per heavy atom. The number of phenols is 1. The third-order valence-electron chi connectivity index (χ3n) is 2.79. The summed E-state index contributed by atoms with van der Waals surface area (Å²) in [5, 5.41) is 12.5. The fourth-order valence-electron chi connectivity index (χ4n) is 1.94. The molecule has 0 spiro atoms. The monoisotopic (exact) mass is 269 g/mol. The number of aromatic hydroxyl groups is 1. The van der Waals surface area contributed by atoms with Crippen molar-refractivity contribution in [3.05, 3.63) is 54.1 Å². The van der Waals surface area contributed by atoms with Gasteiger partial charge in [0.15, 0.2) is 0 Å². The normalized spacial score (nSPS) is 11.2. The first-order valence-corrected chi connectivity index (χ1v) is 6.57. The van der Waals surface area contributed by atoms with E-state index < -0.39 is 0 Å². The number of nitrogens with one attached hydrogen (secondary N) is 1. The van der Waals surface area contributed by atoms with Crippen LogP contribution < -0.4 is 5.32 Å². The standard InChI is InChI=1S/C17H19NO2/c1-17(2,3)18-16(20)14-8-4-6-12(10-14)13-7-5-9-15(19)11-13/h4-11,19H,1-3H3,(H,18,20). The van der Waals surface area contributed by atoms with Crippen molar-refractivity contribution in [1.29, 1.82) is 0 Å². The Kier molecular flexibility index (Phi) is 3.79. The van der Waals surface area contributed by atoms with Crippen LogP contribution in [0.15, 0.2) is 48.5 Å². The zero-order chi connectivity index (χ0) is 14.8. The van der Waals surface area contributed by atoms with Crippen molar-refractivity contribution in [2.45, 2.75) is 26.3 Å². The second-order valence-corrected chi connectivity index (χ2v) is 5.84. The maximum Gasteiger partial charge on any atom is 0.251 e. The Morgan fingerprint density at radius 1 is 1.00 bits per heavy atom. The van der Waals surface area contributed by atoms with Crippen LogP contribution >= 0.6 is 0 Å². The van der Waals surface area contributed by atoms with Gasteiger partial charge in [0.2, 0.25) is 0 Å². The SMILES string of the molecule is CC(C)(C)NC(=O)c1cccc(-c2cccc(O)c2)c1. The quantitative estimate of drug-likeness (QED) is 0.875. The molecule has 0 saturated carbocycles. The van der Waals surface area contributed by atoms with Crippen molar-refractivity contribution in [1.82, 2.24) is 5.32 Å². The van der Waals surface area contributed by atoms with E-state index in [0.717, 1.165) is 11.1 Å². The van der Waals surface area contributed by atoms with Crippen molar-refractivity contribution in [2.24, 2.45) is 0 Å². The van der Waals surface area contributed by atoms with Crippen molar-refractivity contribution >= 4 is 5.91 Å². The zero-order valence-corrected chi connectivity index (χ0v) is 12.0. The number of carbonyl (C=O) groups is 1. The lowest BCUT2D eigenvalue weighted by Gasteiger charge is -2.20. The van der Waals surface area contributed by atoms with E-state index in [1.54, 1.807) is 24.3 Å². The highest BCUT2D eigenvalue weighted by Crippen LogP contribution is 2.24. The van der Waals surface area contributed by atoms with E-state index in [2.05, 4.69) is 5.32 Å². The molecular formula is C17H19NO2. The highest BCUT2D eigenvalue weighted by molar-refractivity contribution is 5.95. The molecule has 2 rings (SSSR count). The van der Waals surface area contributed by atoms with E-state index in [1.807, 2.05) is 45.0 Å². The largest absolute Gasteiger partial charge is 0.508 e. The van der Waals surface area contributed by atoms with E-state index in [1.165, 1.54) is 0 Å². The molecule has 0 heterocycles. The third kappa shape index (κ3) is 3.60. The molecule has 0 aliphatic rings. The second-order valence-electron chi connectivity index (χ2n) is 5.84. The lowest BCUT2D eigenvalue weighted by atomic mass is 10.0. The van der Waals surface area contributed by atoms with E-state index in [-0.39, 0.29) is 17.2 Å². The predicted octanol–water partition coefficient (Wildman–Crippen LogP) is 3.59. The van der Waals surface area contributed by atoms with Crippen LogP contribution in [-0.2, 0) is 0 Å². The molecular weight excluding hydrogens is 250 g/mol. The summed E-state index contributed by atoms with van der Waals surface area (Å²) in [5.41, 5.74) is 2.14. The van der Waals surface area contributed by atoms with Gasteiger partial charge >= 0.3 is 0 Å². The first kappa shape index (κ1) is 14.1. The van der Waals surface area contributed by atoms with Crippen LogP contribution in [0.2, 0.25) is 0 Å². The number of amides is 1. The number of rotatable bonds is 2. The molecule has 0 aliphatic heterocycles. The molecule has 2 N–H and O–H groups in total. The highest BCUT2D eigenvalue weighted by atomic mass is 16.3.